The third-order valence-electron chi connectivity index (χ3n) is 3.28. The predicted molar refractivity (Wildman–Crippen MR) is 100 cm³/mol. The van der Waals surface area contributed by atoms with Crippen LogP contribution in [0.4, 0.5) is 10.8 Å². The fourth-order valence-electron chi connectivity index (χ4n) is 2.13. The zero-order chi connectivity index (χ0) is 17.8. The Bertz CT molecular complexity index is 751. The monoisotopic (exact) mass is 380 g/mol. The summed E-state index contributed by atoms with van der Waals surface area (Å²) in [7, 11) is 0. The number of carbonyl (C=O) groups is 1. The van der Waals surface area contributed by atoms with Crippen LogP contribution in [0.1, 0.15) is 20.8 Å². The van der Waals surface area contributed by atoms with Crippen LogP contribution in [0.5, 0.6) is 11.5 Å². The van der Waals surface area contributed by atoms with Crippen LogP contribution in [0.25, 0.3) is 0 Å². The normalized spacial score (nSPS) is 14.2. The molecule has 1 atom stereocenters. The van der Waals surface area contributed by atoms with Crippen LogP contribution in [-0.2, 0) is 4.79 Å². The Hall–Kier alpha value is -2.00. The molecule has 0 fully saturated rings. The fourth-order valence-corrected chi connectivity index (χ4v) is 4.17. The van der Waals surface area contributed by atoms with E-state index in [0.29, 0.717) is 36.4 Å². The Morgan fingerprint density at radius 2 is 1.96 bits per heavy atom. The van der Waals surface area contributed by atoms with Gasteiger partial charge in [-0.1, -0.05) is 23.1 Å². The summed E-state index contributed by atoms with van der Waals surface area (Å²) in [6.45, 7) is 6.98. The summed E-state index contributed by atoms with van der Waals surface area (Å²) in [5.74, 6) is 1.25. The van der Waals surface area contributed by atoms with E-state index in [4.69, 9.17) is 9.47 Å². The van der Waals surface area contributed by atoms with Gasteiger partial charge in [-0.05, 0) is 32.9 Å². The smallest absolute Gasteiger partial charge is 0.237 e. The molecule has 0 saturated heterocycles. The molecule has 7 nitrogen and oxygen atoms in total. The molecule has 0 spiro atoms. The molecular weight excluding hydrogens is 360 g/mol. The van der Waals surface area contributed by atoms with E-state index in [-0.39, 0.29) is 11.2 Å². The maximum Gasteiger partial charge on any atom is 0.237 e. The van der Waals surface area contributed by atoms with Crippen LogP contribution < -0.4 is 20.1 Å². The van der Waals surface area contributed by atoms with E-state index < -0.39 is 0 Å². The van der Waals surface area contributed by atoms with Crippen molar-refractivity contribution in [3.8, 4) is 11.5 Å². The zero-order valence-corrected chi connectivity index (χ0v) is 15.9. The van der Waals surface area contributed by atoms with Gasteiger partial charge in [0.25, 0.3) is 0 Å². The number of ether oxygens (including phenoxy) is 2. The topological polar surface area (TPSA) is 85.4 Å². The van der Waals surface area contributed by atoms with Gasteiger partial charge in [0, 0.05) is 17.8 Å². The lowest BCUT2D eigenvalue weighted by Crippen LogP contribution is -2.22. The molecular formula is C16H20N4O3S2. The van der Waals surface area contributed by atoms with Crippen LogP contribution in [0.3, 0.4) is 0 Å². The molecule has 1 aliphatic rings. The molecule has 0 bridgehead atoms. The highest BCUT2D eigenvalue weighted by Gasteiger charge is 2.19. The average Bonchev–Trinajstić information content (AvgIpc) is 3.00. The van der Waals surface area contributed by atoms with Crippen LogP contribution in [-0.4, -0.2) is 40.6 Å². The highest BCUT2D eigenvalue weighted by Crippen LogP contribution is 2.33. The van der Waals surface area contributed by atoms with E-state index in [2.05, 4.69) is 20.8 Å². The van der Waals surface area contributed by atoms with Crippen molar-refractivity contribution in [2.24, 2.45) is 0 Å². The predicted octanol–water partition coefficient (Wildman–Crippen LogP) is 3.25. The summed E-state index contributed by atoms with van der Waals surface area (Å²) >= 11 is 2.83. The summed E-state index contributed by atoms with van der Waals surface area (Å²) in [4.78, 5) is 12.4. The highest BCUT2D eigenvalue weighted by molar-refractivity contribution is 8.02. The minimum Gasteiger partial charge on any atom is -0.486 e. The maximum absolute atomic E-state index is 12.4. The Kier molecular flexibility index (Phi) is 5.64. The van der Waals surface area contributed by atoms with Gasteiger partial charge in [0.2, 0.25) is 11.0 Å². The number of hydrogen-bond acceptors (Lipinski definition) is 8. The molecule has 0 aliphatic carbocycles. The van der Waals surface area contributed by atoms with Crippen molar-refractivity contribution in [1.29, 1.82) is 0 Å². The standard InChI is InChI=1S/C16H20N4O3S2/c1-9(2)17-15-19-20-16(25-15)24-10(3)14(21)18-11-4-5-12-13(8-11)23-7-6-22-12/h4-5,8-10H,6-7H2,1-3H3,(H,17,19)(H,18,21)/t10-/m0/s1. The number of nitrogens with zero attached hydrogens (tertiary/aromatic N) is 2. The number of fused-ring (bicyclic) bond motifs is 1. The van der Waals surface area contributed by atoms with E-state index in [1.54, 1.807) is 18.2 Å². The van der Waals surface area contributed by atoms with Crippen molar-refractivity contribution in [2.75, 3.05) is 23.8 Å². The van der Waals surface area contributed by atoms with Crippen molar-refractivity contribution in [3.05, 3.63) is 18.2 Å². The lowest BCUT2D eigenvalue weighted by Gasteiger charge is -2.19. The zero-order valence-electron chi connectivity index (χ0n) is 14.2. The second-order valence-electron chi connectivity index (χ2n) is 5.78. The van der Waals surface area contributed by atoms with Crippen LogP contribution >= 0.6 is 23.1 Å². The maximum atomic E-state index is 12.4. The van der Waals surface area contributed by atoms with Crippen LogP contribution in [0.2, 0.25) is 0 Å². The number of hydrogen-bond donors (Lipinski definition) is 2. The average molecular weight is 380 g/mol. The molecule has 3 rings (SSSR count). The lowest BCUT2D eigenvalue weighted by atomic mass is 10.2. The molecule has 25 heavy (non-hydrogen) atoms. The first-order chi connectivity index (χ1) is 12.0. The van der Waals surface area contributed by atoms with Crippen LogP contribution in [0, 0.1) is 0 Å². The molecule has 0 saturated carbocycles. The second-order valence-corrected chi connectivity index (χ2v) is 8.35. The first-order valence-corrected chi connectivity index (χ1v) is 9.68. The van der Waals surface area contributed by atoms with E-state index in [0.717, 1.165) is 9.47 Å². The quantitative estimate of drug-likeness (QED) is 0.744. The van der Waals surface area contributed by atoms with Gasteiger partial charge in [-0.3, -0.25) is 4.79 Å². The van der Waals surface area contributed by atoms with Crippen molar-refractivity contribution in [1.82, 2.24) is 10.2 Å². The Morgan fingerprint density at radius 3 is 2.72 bits per heavy atom. The van der Waals surface area contributed by atoms with Crippen LogP contribution in [0.15, 0.2) is 22.5 Å². The SMILES string of the molecule is CC(C)Nc1nnc(S[C@@H](C)C(=O)Nc2ccc3c(c2)OCCO3)s1. The molecule has 1 amide bonds. The summed E-state index contributed by atoms with van der Waals surface area (Å²) in [5, 5.41) is 14.7. The summed E-state index contributed by atoms with van der Waals surface area (Å²) < 4.78 is 11.8. The van der Waals surface area contributed by atoms with Crippen molar-refractivity contribution in [2.45, 2.75) is 36.4 Å². The van der Waals surface area contributed by atoms with E-state index in [1.807, 2.05) is 20.8 Å². The Morgan fingerprint density at radius 1 is 1.20 bits per heavy atom. The van der Waals surface area contributed by atoms with Gasteiger partial charge in [0.1, 0.15) is 13.2 Å². The van der Waals surface area contributed by atoms with Gasteiger partial charge in [0.15, 0.2) is 15.8 Å². The minimum absolute atomic E-state index is 0.102. The number of anilines is 2. The van der Waals surface area contributed by atoms with Gasteiger partial charge in [-0.2, -0.15) is 0 Å². The van der Waals surface area contributed by atoms with E-state index in [1.165, 1.54) is 23.1 Å². The highest BCUT2D eigenvalue weighted by atomic mass is 32.2. The number of rotatable bonds is 6. The number of carbonyl (C=O) groups excluding carboxylic acids is 1. The van der Waals surface area contributed by atoms with E-state index >= 15 is 0 Å². The summed E-state index contributed by atoms with van der Waals surface area (Å²) in [5.41, 5.74) is 0.682. The van der Waals surface area contributed by atoms with E-state index in [9.17, 15) is 4.79 Å². The molecule has 0 unspecified atom stereocenters. The molecule has 2 N–H and O–H groups in total. The molecule has 2 aromatic rings. The first-order valence-electron chi connectivity index (χ1n) is 7.98. The number of aromatic nitrogens is 2. The summed E-state index contributed by atoms with van der Waals surface area (Å²) in [6, 6.07) is 5.68. The van der Waals surface area contributed by atoms with Gasteiger partial charge < -0.3 is 20.1 Å². The first kappa shape index (κ1) is 17.8. The second kappa shape index (κ2) is 7.92. The van der Waals surface area contributed by atoms with Gasteiger partial charge in [-0.15, -0.1) is 10.2 Å². The van der Waals surface area contributed by atoms with Gasteiger partial charge >= 0.3 is 0 Å². The number of amides is 1. The Balaban J connectivity index is 1.58. The third kappa shape index (κ3) is 4.76. The largest absolute Gasteiger partial charge is 0.486 e. The lowest BCUT2D eigenvalue weighted by molar-refractivity contribution is -0.115. The molecule has 1 aromatic carbocycles. The van der Waals surface area contributed by atoms with Gasteiger partial charge in [-0.25, -0.2) is 0 Å². The third-order valence-corrected chi connectivity index (χ3v) is 5.31. The van der Waals surface area contributed by atoms with Crippen molar-refractivity contribution >= 4 is 39.8 Å². The molecule has 1 aromatic heterocycles. The molecule has 9 heteroatoms. The number of thioether (sulfide) groups is 1. The van der Waals surface area contributed by atoms with Gasteiger partial charge in [0.05, 0.1) is 5.25 Å². The fraction of sp³-hybridized carbons (Fsp3) is 0.438. The Labute approximate surface area is 154 Å². The molecule has 134 valence electrons. The molecule has 2 heterocycles. The summed E-state index contributed by atoms with van der Waals surface area (Å²) in [6.07, 6.45) is 0. The molecule has 0 radical (unpaired) electrons. The number of nitrogens with one attached hydrogen (secondary N) is 2. The molecule has 1 aliphatic heterocycles. The van der Waals surface area contributed by atoms with Crippen molar-refractivity contribution < 1.29 is 14.3 Å². The minimum atomic E-state index is -0.298. The van der Waals surface area contributed by atoms with Crippen molar-refractivity contribution in [3.63, 3.8) is 0 Å². The number of benzene rings is 1.